The highest BCUT2D eigenvalue weighted by atomic mass is 32.2. The van der Waals surface area contributed by atoms with E-state index in [0.717, 1.165) is 28.7 Å². The summed E-state index contributed by atoms with van der Waals surface area (Å²) in [4.78, 5) is 22.0. The Morgan fingerprint density at radius 2 is 1.61 bits per heavy atom. The lowest BCUT2D eigenvalue weighted by atomic mass is 9.88. The molecule has 1 aromatic heterocycles. The first-order valence-electron chi connectivity index (χ1n) is 13.5. The summed E-state index contributed by atoms with van der Waals surface area (Å²) in [6, 6.07) is 21.6. The number of fused-ring (bicyclic) bond motifs is 4. The van der Waals surface area contributed by atoms with Crippen molar-refractivity contribution in [1.29, 1.82) is 0 Å². The molecule has 1 amide bonds. The second kappa shape index (κ2) is 11.0. The van der Waals surface area contributed by atoms with Crippen molar-refractivity contribution in [2.75, 3.05) is 11.3 Å². The number of aromatic nitrogens is 2. The summed E-state index contributed by atoms with van der Waals surface area (Å²) < 4.78 is 35.5. The van der Waals surface area contributed by atoms with Gasteiger partial charge >= 0.3 is 0 Å². The van der Waals surface area contributed by atoms with Gasteiger partial charge in [0.15, 0.2) is 0 Å². The zero-order valence-electron chi connectivity index (χ0n) is 23.9. The summed E-state index contributed by atoms with van der Waals surface area (Å²) in [5, 5.41) is 2.91. The highest BCUT2D eigenvalue weighted by molar-refractivity contribution is 7.92. The SMILES string of the molecule is Cc1cccc(C)c1-c1cc2nc(n1)NS(=O)(=O)c1cccc(c1)C(=O)NC[C@@H](c1ccc(CC(C)(C)C)cc1)O2. The molecule has 9 heteroatoms. The van der Waals surface area contributed by atoms with Crippen molar-refractivity contribution in [2.24, 2.45) is 5.41 Å². The number of amides is 1. The number of anilines is 1. The second-order valence-electron chi connectivity index (χ2n) is 11.6. The normalized spacial score (nSPS) is 16.7. The number of aryl methyl sites for hydroxylation is 2. The summed E-state index contributed by atoms with van der Waals surface area (Å²) in [5.41, 5.74) is 5.75. The monoisotopic (exact) mass is 570 g/mol. The fourth-order valence-electron chi connectivity index (χ4n) is 4.98. The molecule has 1 atom stereocenters. The highest BCUT2D eigenvalue weighted by Crippen LogP contribution is 2.32. The molecular weight excluding hydrogens is 536 g/mol. The van der Waals surface area contributed by atoms with Crippen molar-refractivity contribution < 1.29 is 17.9 Å². The van der Waals surface area contributed by atoms with E-state index in [9.17, 15) is 13.2 Å². The van der Waals surface area contributed by atoms with Gasteiger partial charge in [0, 0.05) is 17.2 Å². The topological polar surface area (TPSA) is 110 Å². The fourth-order valence-corrected chi connectivity index (χ4v) is 5.97. The van der Waals surface area contributed by atoms with Gasteiger partial charge in [-0.05, 0) is 66.1 Å². The molecule has 2 heterocycles. The first-order valence-corrected chi connectivity index (χ1v) is 15.0. The van der Waals surface area contributed by atoms with Gasteiger partial charge in [-0.25, -0.2) is 18.1 Å². The van der Waals surface area contributed by atoms with Crippen molar-refractivity contribution in [3.8, 4) is 17.1 Å². The summed E-state index contributed by atoms with van der Waals surface area (Å²) in [6.07, 6.45) is 0.317. The van der Waals surface area contributed by atoms with E-state index in [0.29, 0.717) is 5.69 Å². The maximum Gasteiger partial charge on any atom is 0.264 e. The molecule has 0 aliphatic carbocycles. The number of sulfonamides is 1. The number of nitrogens with zero attached hydrogens (tertiary/aromatic N) is 2. The van der Waals surface area contributed by atoms with E-state index in [1.165, 1.54) is 23.8 Å². The Hall–Kier alpha value is -4.24. The highest BCUT2D eigenvalue weighted by Gasteiger charge is 2.24. The molecule has 4 aromatic rings. The summed E-state index contributed by atoms with van der Waals surface area (Å²) in [5.74, 6) is -0.351. The van der Waals surface area contributed by atoms with E-state index in [1.807, 2.05) is 44.2 Å². The minimum Gasteiger partial charge on any atom is -0.467 e. The average molecular weight is 571 g/mol. The van der Waals surface area contributed by atoms with E-state index in [-0.39, 0.29) is 34.2 Å². The van der Waals surface area contributed by atoms with Crippen LogP contribution in [-0.2, 0) is 16.4 Å². The molecule has 0 spiro atoms. The second-order valence-corrected chi connectivity index (χ2v) is 13.3. The molecular formula is C32H34N4O4S. The van der Waals surface area contributed by atoms with Gasteiger partial charge in [-0.2, -0.15) is 4.98 Å². The Morgan fingerprint density at radius 1 is 0.927 bits per heavy atom. The van der Waals surface area contributed by atoms with E-state index < -0.39 is 22.0 Å². The largest absolute Gasteiger partial charge is 0.467 e. The maximum absolute atomic E-state index is 13.3. The third-order valence-electron chi connectivity index (χ3n) is 6.87. The van der Waals surface area contributed by atoms with Crippen LogP contribution in [0.2, 0.25) is 0 Å². The Balaban J connectivity index is 1.63. The van der Waals surface area contributed by atoms with Crippen LogP contribution in [-0.4, -0.2) is 30.8 Å². The van der Waals surface area contributed by atoms with E-state index >= 15 is 0 Å². The molecule has 2 N–H and O–H groups in total. The number of ether oxygens (including phenoxy) is 1. The van der Waals surface area contributed by atoms with Crippen molar-refractivity contribution >= 4 is 21.9 Å². The van der Waals surface area contributed by atoms with Gasteiger partial charge in [-0.1, -0.05) is 69.3 Å². The maximum atomic E-state index is 13.3. The Morgan fingerprint density at radius 3 is 2.29 bits per heavy atom. The zero-order valence-corrected chi connectivity index (χ0v) is 24.7. The predicted molar refractivity (Wildman–Crippen MR) is 159 cm³/mol. The van der Waals surface area contributed by atoms with E-state index in [4.69, 9.17) is 4.74 Å². The molecule has 0 saturated carbocycles. The first kappa shape index (κ1) is 28.3. The third kappa shape index (κ3) is 6.57. The van der Waals surface area contributed by atoms with Crippen LogP contribution >= 0.6 is 0 Å². The number of carbonyl (C=O) groups is 1. The number of carbonyl (C=O) groups excluding carboxylic acids is 1. The van der Waals surface area contributed by atoms with Crippen LogP contribution in [0, 0.1) is 19.3 Å². The minimum atomic E-state index is -4.10. The van der Waals surface area contributed by atoms with Gasteiger partial charge in [0.1, 0.15) is 6.10 Å². The van der Waals surface area contributed by atoms with Crippen LogP contribution in [0.1, 0.15) is 59.5 Å². The lowest BCUT2D eigenvalue weighted by molar-refractivity contribution is 0.0925. The Kier molecular flexibility index (Phi) is 7.57. The number of benzene rings is 3. The van der Waals surface area contributed by atoms with Crippen molar-refractivity contribution in [1.82, 2.24) is 15.3 Å². The summed E-state index contributed by atoms with van der Waals surface area (Å²) in [6.45, 7) is 10.7. The molecule has 212 valence electrons. The molecule has 0 unspecified atom stereocenters. The van der Waals surface area contributed by atoms with Gasteiger partial charge in [0.2, 0.25) is 11.8 Å². The molecule has 8 nitrogen and oxygen atoms in total. The fraction of sp³-hybridized carbons (Fsp3) is 0.281. The third-order valence-corrected chi connectivity index (χ3v) is 8.19. The minimum absolute atomic E-state index is 0.0704. The standard InChI is InChI=1S/C32H34N4O4S/c1-20-8-6-9-21(2)29(20)26-17-28-35-31(34-26)36-41(38,39)25-11-7-10-24(16-25)30(37)33-19-27(40-28)23-14-12-22(13-15-23)18-32(3,4)5/h6-17,27H,18-19H2,1-5H3,(H,33,37)(H,34,35,36)/t27-/m0/s1. The lowest BCUT2D eigenvalue weighted by Gasteiger charge is -2.22. The Labute approximate surface area is 241 Å². The van der Waals surface area contributed by atoms with Crippen LogP contribution < -0.4 is 14.8 Å². The zero-order chi connectivity index (χ0) is 29.4. The molecule has 4 bridgehead atoms. The van der Waals surface area contributed by atoms with Crippen molar-refractivity contribution in [3.63, 3.8) is 0 Å². The smallest absolute Gasteiger partial charge is 0.264 e. The van der Waals surface area contributed by atoms with Gasteiger partial charge in [-0.15, -0.1) is 0 Å². The van der Waals surface area contributed by atoms with E-state index in [2.05, 4.69) is 52.9 Å². The van der Waals surface area contributed by atoms with E-state index in [1.54, 1.807) is 12.1 Å². The quantitative estimate of drug-likeness (QED) is 0.312. The Bertz CT molecular complexity index is 1690. The van der Waals surface area contributed by atoms with Crippen molar-refractivity contribution in [3.05, 3.63) is 101 Å². The van der Waals surface area contributed by atoms with Crippen LogP contribution in [0.15, 0.2) is 77.7 Å². The van der Waals surface area contributed by atoms with Gasteiger partial charge in [-0.3, -0.25) is 4.79 Å². The first-order chi connectivity index (χ1) is 19.4. The van der Waals surface area contributed by atoms with Crippen LogP contribution in [0.25, 0.3) is 11.3 Å². The average Bonchev–Trinajstić information content (AvgIpc) is 2.90. The molecule has 0 radical (unpaired) electrons. The summed E-state index contributed by atoms with van der Waals surface area (Å²) >= 11 is 0. The molecule has 41 heavy (non-hydrogen) atoms. The van der Waals surface area contributed by atoms with Gasteiger partial charge in [0.25, 0.3) is 15.9 Å². The molecule has 3 aromatic carbocycles. The summed E-state index contributed by atoms with van der Waals surface area (Å²) in [7, 11) is -4.10. The number of rotatable bonds is 3. The molecule has 1 aliphatic heterocycles. The van der Waals surface area contributed by atoms with Gasteiger partial charge < -0.3 is 10.1 Å². The molecule has 0 saturated heterocycles. The van der Waals surface area contributed by atoms with Crippen LogP contribution in [0.3, 0.4) is 0 Å². The van der Waals surface area contributed by atoms with Crippen LogP contribution in [0.5, 0.6) is 5.88 Å². The number of hydrogen-bond acceptors (Lipinski definition) is 6. The molecule has 1 aliphatic rings. The van der Waals surface area contributed by atoms with Gasteiger partial charge in [0.05, 0.1) is 17.1 Å². The molecule has 5 rings (SSSR count). The van der Waals surface area contributed by atoms with Crippen LogP contribution in [0.4, 0.5) is 5.95 Å². The lowest BCUT2D eigenvalue weighted by Crippen LogP contribution is -2.31. The number of hydrogen-bond donors (Lipinski definition) is 2. The molecule has 0 fully saturated rings. The predicted octanol–water partition coefficient (Wildman–Crippen LogP) is 6.01. The van der Waals surface area contributed by atoms with Crippen molar-refractivity contribution in [2.45, 2.75) is 52.0 Å². The number of nitrogens with one attached hydrogen (secondary N) is 2.